The number of hydrogen-bond donors (Lipinski definition) is 1. The number of rotatable bonds is 3. The molecule has 7 heteroatoms. The summed E-state index contributed by atoms with van der Waals surface area (Å²) in [5, 5.41) is 4.74. The molecule has 1 heterocycles. The lowest BCUT2D eigenvalue weighted by Crippen LogP contribution is -2.19. The van der Waals surface area contributed by atoms with E-state index in [1.165, 1.54) is 24.4 Å². The number of benzene rings is 2. The molecule has 0 aromatic heterocycles. The number of carbonyl (C=O) groups is 1. The van der Waals surface area contributed by atoms with Crippen molar-refractivity contribution in [3.63, 3.8) is 0 Å². The lowest BCUT2D eigenvalue weighted by molar-refractivity contribution is 0.0951. The van der Waals surface area contributed by atoms with Crippen LogP contribution in [0.15, 0.2) is 47.1 Å². The summed E-state index contributed by atoms with van der Waals surface area (Å²) in [6.07, 6.45) is 3.23. The molecule has 0 saturated heterocycles. The van der Waals surface area contributed by atoms with Crippen LogP contribution in [0, 0.1) is 5.82 Å². The van der Waals surface area contributed by atoms with Gasteiger partial charge >= 0.3 is 0 Å². The van der Waals surface area contributed by atoms with E-state index in [1.54, 1.807) is 24.3 Å². The number of ether oxygens (including phenoxy) is 1. The average Bonchev–Trinajstić information content (AvgIpc) is 2.54. The highest BCUT2D eigenvalue weighted by Gasteiger charge is 2.15. The summed E-state index contributed by atoms with van der Waals surface area (Å²) < 4.78 is 19.1. The van der Waals surface area contributed by atoms with Gasteiger partial charge in [-0.05, 0) is 30.3 Å². The Bertz CT molecular complexity index is 866. The molecule has 1 amide bonds. The van der Waals surface area contributed by atoms with Crippen LogP contribution in [0.4, 0.5) is 4.39 Å². The van der Waals surface area contributed by atoms with Gasteiger partial charge in [0, 0.05) is 16.2 Å². The highest BCUT2D eigenvalue weighted by atomic mass is 35.5. The first-order valence-electron chi connectivity index (χ1n) is 6.95. The number of fused-ring (bicyclic) bond motifs is 1. The zero-order chi connectivity index (χ0) is 17.1. The molecule has 0 aliphatic carbocycles. The van der Waals surface area contributed by atoms with E-state index in [0.29, 0.717) is 21.4 Å². The molecule has 0 spiro atoms. The molecule has 0 bridgehead atoms. The molecule has 24 heavy (non-hydrogen) atoms. The third kappa shape index (κ3) is 3.58. The van der Waals surface area contributed by atoms with Crippen LogP contribution < -0.4 is 10.2 Å². The van der Waals surface area contributed by atoms with Crippen molar-refractivity contribution in [2.45, 2.75) is 0 Å². The van der Waals surface area contributed by atoms with Crippen molar-refractivity contribution in [3.05, 3.63) is 69.0 Å². The summed E-state index contributed by atoms with van der Waals surface area (Å²) in [6.45, 7) is 0.243. The monoisotopic (exact) mass is 364 g/mol. The summed E-state index contributed by atoms with van der Waals surface area (Å²) >= 11 is 12.0. The van der Waals surface area contributed by atoms with Crippen molar-refractivity contribution in [2.24, 2.45) is 5.10 Å². The van der Waals surface area contributed by atoms with Crippen LogP contribution >= 0.6 is 23.2 Å². The van der Waals surface area contributed by atoms with Crippen LogP contribution in [-0.2, 0) is 0 Å². The lowest BCUT2D eigenvalue weighted by Gasteiger charge is -2.17. The van der Waals surface area contributed by atoms with Crippen LogP contribution in [0.3, 0.4) is 0 Å². The maximum atomic E-state index is 13.5. The quantitative estimate of drug-likeness (QED) is 0.651. The molecule has 1 aliphatic rings. The van der Waals surface area contributed by atoms with Crippen LogP contribution in [0.2, 0.25) is 10.0 Å². The number of amides is 1. The topological polar surface area (TPSA) is 50.7 Å². The fourth-order valence-corrected chi connectivity index (χ4v) is 2.75. The molecular weight excluding hydrogens is 354 g/mol. The van der Waals surface area contributed by atoms with E-state index in [0.717, 1.165) is 5.56 Å². The van der Waals surface area contributed by atoms with E-state index in [1.807, 2.05) is 0 Å². The first-order valence-corrected chi connectivity index (χ1v) is 7.70. The second kappa shape index (κ2) is 7.03. The predicted molar refractivity (Wildman–Crippen MR) is 92.3 cm³/mol. The number of hydrazone groups is 1. The lowest BCUT2D eigenvalue weighted by atomic mass is 10.1. The van der Waals surface area contributed by atoms with Crippen molar-refractivity contribution in [1.82, 2.24) is 5.43 Å². The molecule has 0 atom stereocenters. The molecule has 0 radical (unpaired) electrons. The molecule has 122 valence electrons. The summed E-state index contributed by atoms with van der Waals surface area (Å²) in [6, 6.07) is 8.98. The third-order valence-corrected chi connectivity index (χ3v) is 3.78. The Morgan fingerprint density at radius 3 is 2.88 bits per heavy atom. The fraction of sp³-hybridized carbons (Fsp3) is 0.0588. The molecule has 2 aromatic carbocycles. The number of nitrogens with one attached hydrogen (secondary N) is 1. The van der Waals surface area contributed by atoms with Gasteiger partial charge in [0.25, 0.3) is 5.91 Å². The Labute approximate surface area is 147 Å². The van der Waals surface area contributed by atoms with Crippen LogP contribution in [-0.4, -0.2) is 18.7 Å². The van der Waals surface area contributed by atoms with E-state index in [4.69, 9.17) is 27.9 Å². The van der Waals surface area contributed by atoms with Gasteiger partial charge in [-0.1, -0.05) is 35.3 Å². The number of carbonyl (C=O) groups excluding carboxylic acids is 1. The summed E-state index contributed by atoms with van der Waals surface area (Å²) in [5.74, 6) is -0.689. The highest BCUT2D eigenvalue weighted by Crippen LogP contribution is 2.36. The van der Waals surface area contributed by atoms with E-state index in [-0.39, 0.29) is 12.2 Å². The molecule has 3 rings (SSSR count). The standard InChI is InChI=1S/C17H11Cl2FN2O2/c18-12-6-11-5-10(9-24-16(11)14(19)7-12)8-21-22-17(23)13-3-1-2-4-15(13)20/h1-8H,9H2,(H,22,23)/b21-8+. The smallest absolute Gasteiger partial charge is 0.274 e. The molecule has 0 saturated carbocycles. The maximum Gasteiger partial charge on any atom is 0.274 e. The SMILES string of the molecule is O=C(N/N=C/C1=Cc2cc(Cl)cc(Cl)c2OC1)c1ccccc1F. The van der Waals surface area contributed by atoms with Gasteiger partial charge in [0.1, 0.15) is 18.2 Å². The van der Waals surface area contributed by atoms with Gasteiger partial charge in [-0.3, -0.25) is 4.79 Å². The summed E-state index contributed by atoms with van der Waals surface area (Å²) in [7, 11) is 0. The summed E-state index contributed by atoms with van der Waals surface area (Å²) in [5.41, 5.74) is 3.63. The first-order chi connectivity index (χ1) is 11.5. The fourth-order valence-electron chi connectivity index (χ4n) is 2.19. The normalized spacial score (nSPS) is 13.2. The van der Waals surface area contributed by atoms with Crippen molar-refractivity contribution < 1.29 is 13.9 Å². The second-order valence-electron chi connectivity index (χ2n) is 4.99. The molecule has 4 nitrogen and oxygen atoms in total. The van der Waals surface area contributed by atoms with Crippen molar-refractivity contribution in [2.75, 3.05) is 6.61 Å². The summed E-state index contributed by atoms with van der Waals surface area (Å²) in [4.78, 5) is 11.8. The van der Waals surface area contributed by atoms with Crippen molar-refractivity contribution in [1.29, 1.82) is 0 Å². The van der Waals surface area contributed by atoms with Crippen molar-refractivity contribution in [3.8, 4) is 5.75 Å². The van der Waals surface area contributed by atoms with Crippen LogP contribution in [0.25, 0.3) is 6.08 Å². The Hall–Kier alpha value is -2.37. The van der Waals surface area contributed by atoms with Crippen LogP contribution in [0.5, 0.6) is 5.75 Å². The minimum Gasteiger partial charge on any atom is -0.487 e. The first kappa shape index (κ1) is 16.5. The molecular formula is C17H11Cl2FN2O2. The Balaban J connectivity index is 1.72. The second-order valence-corrected chi connectivity index (χ2v) is 5.84. The Morgan fingerprint density at radius 1 is 1.29 bits per heavy atom. The van der Waals surface area contributed by atoms with Crippen LogP contribution in [0.1, 0.15) is 15.9 Å². The van der Waals surface area contributed by atoms with E-state index in [2.05, 4.69) is 10.5 Å². The van der Waals surface area contributed by atoms with E-state index < -0.39 is 11.7 Å². The Morgan fingerprint density at radius 2 is 2.08 bits per heavy atom. The zero-order valence-electron chi connectivity index (χ0n) is 12.2. The molecule has 1 N–H and O–H groups in total. The number of hydrogen-bond acceptors (Lipinski definition) is 3. The third-order valence-electron chi connectivity index (χ3n) is 3.28. The van der Waals surface area contributed by atoms with Gasteiger partial charge in [-0.15, -0.1) is 0 Å². The largest absolute Gasteiger partial charge is 0.487 e. The van der Waals surface area contributed by atoms with Gasteiger partial charge in [0.2, 0.25) is 0 Å². The zero-order valence-corrected chi connectivity index (χ0v) is 13.7. The predicted octanol–water partition coefficient (Wildman–Crippen LogP) is 4.32. The Kier molecular flexibility index (Phi) is 4.83. The van der Waals surface area contributed by atoms with Gasteiger partial charge in [-0.2, -0.15) is 5.10 Å². The number of halogens is 3. The maximum absolute atomic E-state index is 13.5. The van der Waals surface area contributed by atoms with Gasteiger partial charge in [-0.25, -0.2) is 9.82 Å². The average molecular weight is 365 g/mol. The molecule has 0 unspecified atom stereocenters. The molecule has 2 aromatic rings. The highest BCUT2D eigenvalue weighted by molar-refractivity contribution is 6.36. The van der Waals surface area contributed by atoms with E-state index in [9.17, 15) is 9.18 Å². The molecule has 1 aliphatic heterocycles. The number of nitrogens with zero attached hydrogens (tertiary/aromatic N) is 1. The van der Waals surface area contributed by atoms with Gasteiger partial charge in [0.15, 0.2) is 0 Å². The minimum atomic E-state index is -0.631. The van der Waals surface area contributed by atoms with Crippen molar-refractivity contribution >= 4 is 41.4 Å². The van der Waals surface area contributed by atoms with Gasteiger partial charge in [0.05, 0.1) is 16.8 Å². The minimum absolute atomic E-state index is 0.0765. The van der Waals surface area contributed by atoms with E-state index >= 15 is 0 Å². The molecule has 0 fully saturated rings. The van der Waals surface area contributed by atoms with Gasteiger partial charge < -0.3 is 4.74 Å².